The summed E-state index contributed by atoms with van der Waals surface area (Å²) in [7, 11) is 1.86. The van der Waals surface area contributed by atoms with Crippen LogP contribution < -0.4 is 25.4 Å². The molecule has 1 aliphatic carbocycles. The molecule has 3 aromatic rings. The maximum atomic E-state index is 14.7. The summed E-state index contributed by atoms with van der Waals surface area (Å²) in [6.07, 6.45) is 7.70. The highest BCUT2D eigenvalue weighted by molar-refractivity contribution is 6.02. The average Bonchev–Trinajstić information content (AvgIpc) is 3.20. The Morgan fingerprint density at radius 3 is 2.43 bits per heavy atom. The number of benzene rings is 3. The van der Waals surface area contributed by atoms with Gasteiger partial charge in [-0.25, -0.2) is 4.58 Å². The molecule has 0 bridgehead atoms. The van der Waals surface area contributed by atoms with E-state index < -0.39 is 5.79 Å². The molecule has 9 nitrogen and oxygen atoms in total. The molecule has 2 amide bonds. The standard InChI is InChI=1S/C51H70N4O5/c1-10-55-43-32-42-40(31-39(43)34(2)33-49(55,3)4)45(41-30-35-18-13-25-54-26-14-21-38(47(35)54)46(41)50(42,5)6)36-19-11-12-20-37(36)48(58)53(9)24-15-22-44(57)52-23-16-28-59-51(7,8)60-29-17-27-56/h11-12,19-20,30-32,34,56H,10,13-18,21-29,33H2,1-9H3/p+1. The quantitative estimate of drug-likeness (QED) is 0.0965. The zero-order valence-corrected chi connectivity index (χ0v) is 38.1. The fourth-order valence-electron chi connectivity index (χ4n) is 11.0. The second-order valence-corrected chi connectivity index (χ2v) is 19.4. The van der Waals surface area contributed by atoms with Gasteiger partial charge in [0.15, 0.2) is 5.79 Å². The highest BCUT2D eigenvalue weighted by atomic mass is 16.7. The first-order valence-electron chi connectivity index (χ1n) is 22.9. The van der Waals surface area contributed by atoms with Gasteiger partial charge in [-0.05, 0) is 142 Å². The van der Waals surface area contributed by atoms with Crippen molar-refractivity contribution in [3.8, 4) is 0 Å². The lowest BCUT2D eigenvalue weighted by molar-refractivity contribution is -0.214. The van der Waals surface area contributed by atoms with Gasteiger partial charge in [-0.1, -0.05) is 39.0 Å². The van der Waals surface area contributed by atoms with Gasteiger partial charge in [0.2, 0.25) is 11.3 Å². The number of carbonyl (C=O) groups is 2. The molecular weight excluding hydrogens is 749 g/mol. The Morgan fingerprint density at radius 2 is 1.70 bits per heavy atom. The smallest absolute Gasteiger partial charge is 0.254 e. The maximum absolute atomic E-state index is 14.7. The molecule has 324 valence electrons. The lowest BCUT2D eigenvalue weighted by atomic mass is 9.64. The number of aryl methyl sites for hydroxylation is 1. The molecule has 0 spiro atoms. The number of carbonyl (C=O) groups excluding carboxylic acids is 2. The van der Waals surface area contributed by atoms with Crippen molar-refractivity contribution >= 4 is 23.1 Å². The summed E-state index contributed by atoms with van der Waals surface area (Å²) in [6, 6.07) is 15.8. The summed E-state index contributed by atoms with van der Waals surface area (Å²) in [5.41, 5.74) is 12.4. The van der Waals surface area contributed by atoms with Gasteiger partial charge in [-0.15, -0.1) is 0 Å². The van der Waals surface area contributed by atoms with Gasteiger partial charge in [-0.3, -0.25) is 9.59 Å². The third-order valence-electron chi connectivity index (χ3n) is 13.7. The molecule has 0 saturated carbocycles. The monoisotopic (exact) mass is 820 g/mol. The van der Waals surface area contributed by atoms with E-state index in [1.165, 1.54) is 61.6 Å². The van der Waals surface area contributed by atoms with Crippen LogP contribution in [0.5, 0.6) is 0 Å². The molecule has 0 fully saturated rings. The van der Waals surface area contributed by atoms with E-state index >= 15 is 0 Å². The Morgan fingerprint density at radius 1 is 0.983 bits per heavy atom. The van der Waals surface area contributed by atoms with Crippen LogP contribution >= 0.6 is 0 Å². The van der Waals surface area contributed by atoms with E-state index in [9.17, 15) is 9.59 Å². The van der Waals surface area contributed by atoms with Crippen LogP contribution in [0.15, 0.2) is 42.5 Å². The van der Waals surface area contributed by atoms with Crippen molar-refractivity contribution in [3.05, 3.63) is 97.5 Å². The Labute approximate surface area is 358 Å². The lowest BCUT2D eigenvalue weighted by Gasteiger charge is -2.48. The van der Waals surface area contributed by atoms with E-state index in [0.29, 0.717) is 63.5 Å². The third-order valence-corrected chi connectivity index (χ3v) is 13.7. The molecule has 1 atom stereocenters. The number of nitrogens with zero attached hydrogens (tertiary/aromatic N) is 3. The number of aliphatic hydroxyl groups is 1. The molecule has 0 aromatic heterocycles. The van der Waals surface area contributed by atoms with E-state index in [0.717, 1.165) is 50.9 Å². The predicted molar refractivity (Wildman–Crippen MR) is 242 cm³/mol. The molecule has 2 N–H and O–H groups in total. The highest BCUT2D eigenvalue weighted by Crippen LogP contribution is 2.50. The fraction of sp³-hybridized carbons (Fsp3) is 0.588. The second-order valence-electron chi connectivity index (χ2n) is 19.4. The van der Waals surface area contributed by atoms with Crippen LogP contribution in [0.1, 0.15) is 156 Å². The van der Waals surface area contributed by atoms with E-state index in [4.69, 9.17) is 14.6 Å². The van der Waals surface area contributed by atoms with Gasteiger partial charge in [0.05, 0.1) is 13.2 Å². The number of nitrogens with one attached hydrogen (secondary N) is 1. The highest BCUT2D eigenvalue weighted by Gasteiger charge is 2.43. The molecule has 1 unspecified atom stereocenters. The molecular formula is C51H71N4O5+. The summed E-state index contributed by atoms with van der Waals surface area (Å²) in [5, 5.41) is 14.8. The van der Waals surface area contributed by atoms with Gasteiger partial charge in [0.25, 0.3) is 5.91 Å². The Kier molecular flexibility index (Phi) is 13.0. The minimum atomic E-state index is -0.739. The average molecular weight is 820 g/mol. The van der Waals surface area contributed by atoms with Crippen molar-refractivity contribution in [2.45, 2.75) is 136 Å². The van der Waals surface area contributed by atoms with Gasteiger partial charge in [0, 0.05) is 85.9 Å². The van der Waals surface area contributed by atoms with Crippen LogP contribution in [0.3, 0.4) is 0 Å². The molecule has 4 aliphatic rings. The molecule has 9 heteroatoms. The van der Waals surface area contributed by atoms with Crippen LogP contribution in [-0.2, 0) is 32.5 Å². The molecule has 0 radical (unpaired) electrons. The predicted octanol–water partition coefficient (Wildman–Crippen LogP) is 6.58. The number of anilines is 1. The lowest BCUT2D eigenvalue weighted by Crippen LogP contribution is -2.50. The molecule has 3 aromatic carbocycles. The number of hydrogen-bond acceptors (Lipinski definition) is 6. The van der Waals surface area contributed by atoms with Crippen molar-refractivity contribution in [2.24, 2.45) is 0 Å². The van der Waals surface area contributed by atoms with Crippen molar-refractivity contribution in [1.82, 2.24) is 14.8 Å². The summed E-state index contributed by atoms with van der Waals surface area (Å²) < 4.78 is 14.1. The molecule has 3 aliphatic heterocycles. The number of aliphatic hydroxyl groups excluding tert-OH is 1. The van der Waals surface area contributed by atoms with Crippen LogP contribution in [-0.4, -0.2) is 92.7 Å². The van der Waals surface area contributed by atoms with E-state index in [2.05, 4.69) is 86.7 Å². The van der Waals surface area contributed by atoms with E-state index in [1.807, 2.05) is 33.0 Å². The minimum absolute atomic E-state index is 0.0249. The Balaban J connectivity index is 1.20. The number of hydrogen-bond donors (Lipinski definition) is 2. The summed E-state index contributed by atoms with van der Waals surface area (Å²) in [6.45, 7) is 23.2. The first-order chi connectivity index (χ1) is 28.6. The summed E-state index contributed by atoms with van der Waals surface area (Å²) >= 11 is 0. The maximum Gasteiger partial charge on any atom is 0.254 e. The topological polar surface area (TPSA) is 94.4 Å². The van der Waals surface area contributed by atoms with Crippen LogP contribution in [0.25, 0.3) is 5.57 Å². The largest absolute Gasteiger partial charge is 0.396 e. The zero-order chi connectivity index (χ0) is 43.0. The number of ether oxygens (including phenoxy) is 2. The van der Waals surface area contributed by atoms with Crippen molar-refractivity contribution in [1.29, 1.82) is 0 Å². The molecule has 60 heavy (non-hydrogen) atoms. The number of fused-ring (bicyclic) bond motifs is 4. The molecule has 3 heterocycles. The number of amides is 2. The molecule has 0 saturated heterocycles. The van der Waals surface area contributed by atoms with Gasteiger partial charge < -0.3 is 29.7 Å². The Bertz CT molecular complexity index is 2240. The third kappa shape index (κ3) is 8.56. The van der Waals surface area contributed by atoms with Crippen LogP contribution in [0.2, 0.25) is 0 Å². The van der Waals surface area contributed by atoms with Crippen molar-refractivity contribution in [3.63, 3.8) is 0 Å². The summed E-state index contributed by atoms with van der Waals surface area (Å²) in [5.74, 6) is -0.396. The van der Waals surface area contributed by atoms with E-state index in [-0.39, 0.29) is 29.4 Å². The van der Waals surface area contributed by atoms with Crippen LogP contribution in [0, 0.1) is 0 Å². The fourth-order valence-corrected chi connectivity index (χ4v) is 11.0. The van der Waals surface area contributed by atoms with Crippen molar-refractivity contribution < 1.29 is 24.2 Å². The van der Waals surface area contributed by atoms with Gasteiger partial charge in [-0.2, -0.15) is 0 Å². The van der Waals surface area contributed by atoms with Crippen LogP contribution in [0.4, 0.5) is 5.69 Å². The second kappa shape index (κ2) is 17.7. The van der Waals surface area contributed by atoms with E-state index in [1.54, 1.807) is 4.90 Å². The Hall–Kier alpha value is -4.05. The van der Waals surface area contributed by atoms with Crippen molar-refractivity contribution in [2.75, 3.05) is 64.5 Å². The normalized spacial score (nSPS) is 18.6. The minimum Gasteiger partial charge on any atom is -0.396 e. The summed E-state index contributed by atoms with van der Waals surface area (Å²) in [4.78, 5) is 31.9. The first kappa shape index (κ1) is 44.0. The molecule has 7 rings (SSSR count). The first-order valence-corrected chi connectivity index (χ1v) is 22.9. The van der Waals surface area contributed by atoms with Gasteiger partial charge >= 0.3 is 0 Å². The zero-order valence-electron chi connectivity index (χ0n) is 38.1. The van der Waals surface area contributed by atoms with Gasteiger partial charge in [0.1, 0.15) is 13.1 Å². The SMILES string of the molecule is CCN1c2cc3c(cc2C(C)CC1(C)C)C(c1ccccc1C(=O)N(C)CCCC(=O)NCCCOC(C)(C)OCCCO)=c1cc2c4c(c1C3(C)C)CCC[N+]=4CCC2. The number of rotatable bonds is 16.